The first-order valence-corrected chi connectivity index (χ1v) is 9.46. The Kier molecular flexibility index (Phi) is 5.56. The number of fused-ring (bicyclic) bond motifs is 1. The van der Waals surface area contributed by atoms with E-state index in [2.05, 4.69) is 22.4 Å². The van der Waals surface area contributed by atoms with Gasteiger partial charge in [0, 0.05) is 16.5 Å². The van der Waals surface area contributed by atoms with E-state index >= 15 is 0 Å². The number of carbonyl (C=O) groups is 2. The molecule has 0 saturated heterocycles. The van der Waals surface area contributed by atoms with E-state index in [4.69, 9.17) is 13.6 Å². The van der Waals surface area contributed by atoms with Crippen molar-refractivity contribution in [3.8, 4) is 11.5 Å². The van der Waals surface area contributed by atoms with Crippen LogP contribution in [-0.4, -0.2) is 28.7 Å². The summed E-state index contributed by atoms with van der Waals surface area (Å²) in [5.41, 5.74) is 3.32. The molecule has 2 aromatic carbocycles. The van der Waals surface area contributed by atoms with Crippen LogP contribution < -0.4 is 5.32 Å². The Balaban J connectivity index is 1.30. The minimum absolute atomic E-state index is 0.00443. The lowest BCUT2D eigenvalue weighted by Crippen LogP contribution is -2.21. The van der Waals surface area contributed by atoms with Gasteiger partial charge in [0.2, 0.25) is 5.89 Å². The summed E-state index contributed by atoms with van der Waals surface area (Å²) in [7, 11) is 0. The number of ether oxygens (including phenoxy) is 1. The normalized spacial score (nSPS) is 10.8. The maximum atomic E-state index is 12.1. The number of aromatic nitrogens is 2. The lowest BCUT2D eigenvalue weighted by atomic mass is 10.1. The van der Waals surface area contributed by atoms with Gasteiger partial charge in [-0.1, -0.05) is 42.4 Å². The minimum atomic E-state index is -0.573. The van der Waals surface area contributed by atoms with Crippen LogP contribution in [0.1, 0.15) is 18.1 Å². The number of hydrogen-bond donors (Lipinski definition) is 1. The molecule has 0 aliphatic rings. The van der Waals surface area contributed by atoms with E-state index in [9.17, 15) is 9.59 Å². The summed E-state index contributed by atoms with van der Waals surface area (Å²) in [6, 6.07) is 15.0. The van der Waals surface area contributed by atoms with Crippen molar-refractivity contribution in [3.63, 3.8) is 0 Å². The number of furan rings is 1. The number of hydrogen-bond acceptors (Lipinski definition) is 7. The number of benzene rings is 2. The highest BCUT2D eigenvalue weighted by atomic mass is 16.5. The smallest absolute Gasteiger partial charge is 0.322 e. The summed E-state index contributed by atoms with van der Waals surface area (Å²) in [6.45, 7) is 1.60. The van der Waals surface area contributed by atoms with Crippen molar-refractivity contribution in [2.75, 3.05) is 11.9 Å². The van der Waals surface area contributed by atoms with Crippen molar-refractivity contribution >= 4 is 28.9 Å². The molecule has 0 unspecified atom stereocenters. The summed E-state index contributed by atoms with van der Waals surface area (Å²) < 4.78 is 16.0. The molecule has 0 spiro atoms. The molecule has 152 valence electrons. The molecule has 1 N–H and O–H groups in total. The second-order valence-electron chi connectivity index (χ2n) is 6.61. The largest absolute Gasteiger partial charge is 0.464 e. The van der Waals surface area contributed by atoms with Gasteiger partial charge in [-0.05, 0) is 30.2 Å². The first-order chi connectivity index (χ1) is 14.6. The van der Waals surface area contributed by atoms with Crippen LogP contribution in [0.25, 0.3) is 22.4 Å². The summed E-state index contributed by atoms with van der Waals surface area (Å²) in [4.78, 5) is 24.1. The fourth-order valence-corrected chi connectivity index (χ4v) is 2.96. The first kappa shape index (κ1) is 19.4. The predicted octanol–water partition coefficient (Wildman–Crippen LogP) is 3.77. The third kappa shape index (κ3) is 4.38. The van der Waals surface area contributed by atoms with E-state index < -0.39 is 18.5 Å². The summed E-state index contributed by atoms with van der Waals surface area (Å²) in [6.07, 6.45) is 2.44. The molecule has 8 heteroatoms. The minimum Gasteiger partial charge on any atom is -0.464 e. The lowest BCUT2D eigenvalue weighted by molar-refractivity contribution is -0.146. The number of esters is 1. The summed E-state index contributed by atoms with van der Waals surface area (Å²) >= 11 is 0. The van der Waals surface area contributed by atoms with E-state index in [0.29, 0.717) is 5.56 Å². The van der Waals surface area contributed by atoms with E-state index in [0.717, 1.165) is 28.5 Å². The van der Waals surface area contributed by atoms with Gasteiger partial charge in [0.25, 0.3) is 5.91 Å². The van der Waals surface area contributed by atoms with Crippen molar-refractivity contribution in [2.24, 2.45) is 0 Å². The first-order valence-electron chi connectivity index (χ1n) is 9.46. The number of aryl methyl sites for hydroxylation is 1. The zero-order chi connectivity index (χ0) is 20.9. The Hall–Kier alpha value is -3.94. The fraction of sp³-hybridized carbons (Fsp3) is 0.182. The van der Waals surface area contributed by atoms with Gasteiger partial charge >= 0.3 is 12.0 Å². The van der Waals surface area contributed by atoms with Crippen molar-refractivity contribution in [1.82, 2.24) is 10.2 Å². The van der Waals surface area contributed by atoms with E-state index in [1.807, 2.05) is 48.5 Å². The molecule has 0 fully saturated rings. The molecule has 4 aromatic rings. The third-order valence-corrected chi connectivity index (χ3v) is 4.52. The van der Waals surface area contributed by atoms with Crippen LogP contribution in [0.5, 0.6) is 0 Å². The summed E-state index contributed by atoms with van der Waals surface area (Å²) in [5.74, 6) is -0.833. The number of rotatable bonds is 7. The van der Waals surface area contributed by atoms with Crippen LogP contribution in [0.2, 0.25) is 0 Å². The highest BCUT2D eigenvalue weighted by Crippen LogP contribution is 2.23. The van der Waals surface area contributed by atoms with Crippen LogP contribution in [0, 0.1) is 0 Å². The monoisotopic (exact) mass is 405 g/mol. The highest BCUT2D eigenvalue weighted by Gasteiger charge is 2.15. The lowest BCUT2D eigenvalue weighted by Gasteiger charge is -2.03. The molecule has 2 aromatic heterocycles. The number of amides is 1. The molecule has 30 heavy (non-hydrogen) atoms. The Morgan fingerprint density at radius 1 is 1.10 bits per heavy atom. The average Bonchev–Trinajstić information content (AvgIpc) is 3.40. The van der Waals surface area contributed by atoms with Gasteiger partial charge in [-0.15, -0.1) is 5.10 Å². The van der Waals surface area contributed by atoms with Gasteiger partial charge in [-0.25, -0.2) is 0 Å². The van der Waals surface area contributed by atoms with Crippen LogP contribution in [0.3, 0.4) is 0 Å². The number of anilines is 1. The van der Waals surface area contributed by atoms with Crippen LogP contribution >= 0.6 is 0 Å². The average molecular weight is 405 g/mol. The zero-order valence-electron chi connectivity index (χ0n) is 16.3. The Bertz CT molecular complexity index is 1180. The molecule has 1 amide bonds. The molecule has 8 nitrogen and oxygen atoms in total. The molecule has 0 radical (unpaired) electrons. The van der Waals surface area contributed by atoms with Crippen molar-refractivity contribution < 1.29 is 23.2 Å². The molecule has 0 bridgehead atoms. The number of carbonyl (C=O) groups excluding carboxylic acids is 2. The van der Waals surface area contributed by atoms with Crippen molar-refractivity contribution in [2.45, 2.75) is 19.8 Å². The van der Waals surface area contributed by atoms with Gasteiger partial charge in [-0.3, -0.25) is 14.9 Å². The molecule has 0 aliphatic heterocycles. The zero-order valence-corrected chi connectivity index (χ0v) is 16.3. The topological polar surface area (TPSA) is 107 Å². The molecular weight excluding hydrogens is 386 g/mol. The molecule has 0 aliphatic carbocycles. The SMILES string of the molecule is CCc1ccc2c(CC(=O)OCC(=O)Nc3nnc(-c4ccccc4)o3)coc2c1. The van der Waals surface area contributed by atoms with Crippen LogP contribution in [0.15, 0.2) is 63.6 Å². The van der Waals surface area contributed by atoms with Crippen molar-refractivity contribution in [3.05, 3.63) is 65.9 Å². The van der Waals surface area contributed by atoms with E-state index in [1.165, 1.54) is 6.26 Å². The third-order valence-electron chi connectivity index (χ3n) is 4.52. The highest BCUT2D eigenvalue weighted by molar-refractivity contribution is 5.92. The van der Waals surface area contributed by atoms with Crippen LogP contribution in [0.4, 0.5) is 6.01 Å². The quantitative estimate of drug-likeness (QED) is 0.466. The molecular formula is C22H19N3O5. The van der Waals surface area contributed by atoms with Gasteiger partial charge in [0.1, 0.15) is 5.58 Å². The van der Waals surface area contributed by atoms with E-state index in [-0.39, 0.29) is 18.3 Å². The predicted molar refractivity (Wildman–Crippen MR) is 109 cm³/mol. The van der Waals surface area contributed by atoms with E-state index in [1.54, 1.807) is 0 Å². The van der Waals surface area contributed by atoms with Gasteiger partial charge in [-0.2, -0.15) is 0 Å². The molecule has 0 saturated carbocycles. The maximum absolute atomic E-state index is 12.1. The second kappa shape index (κ2) is 8.60. The van der Waals surface area contributed by atoms with Crippen LogP contribution in [-0.2, 0) is 27.2 Å². The Morgan fingerprint density at radius 2 is 1.93 bits per heavy atom. The summed E-state index contributed by atoms with van der Waals surface area (Å²) in [5, 5.41) is 10.9. The molecule has 0 atom stereocenters. The van der Waals surface area contributed by atoms with Gasteiger partial charge in [0.15, 0.2) is 6.61 Å². The Morgan fingerprint density at radius 3 is 2.73 bits per heavy atom. The number of nitrogens with zero attached hydrogens (tertiary/aromatic N) is 2. The van der Waals surface area contributed by atoms with Crippen molar-refractivity contribution in [1.29, 1.82) is 0 Å². The second-order valence-corrected chi connectivity index (χ2v) is 6.61. The fourth-order valence-electron chi connectivity index (χ4n) is 2.96. The molecule has 2 heterocycles. The standard InChI is InChI=1S/C22H19N3O5/c1-2-14-8-9-17-16(12-28-18(17)10-14)11-20(27)29-13-19(26)23-22-25-24-21(30-22)15-6-4-3-5-7-15/h3-10,12H,2,11,13H2,1H3,(H,23,25,26). The molecule has 4 rings (SSSR count). The maximum Gasteiger partial charge on any atom is 0.322 e. The van der Waals surface area contributed by atoms with Gasteiger partial charge in [0.05, 0.1) is 12.7 Å². The van der Waals surface area contributed by atoms with Gasteiger partial charge < -0.3 is 13.6 Å². The Labute approximate surface area is 171 Å². The number of nitrogens with one attached hydrogen (secondary N) is 1.